The molecule has 0 bridgehead atoms. The lowest BCUT2D eigenvalue weighted by molar-refractivity contribution is -0.139. The summed E-state index contributed by atoms with van der Waals surface area (Å²) in [5.41, 5.74) is 3.99. The lowest BCUT2D eigenvalue weighted by Crippen LogP contribution is -2.14. The van der Waals surface area contributed by atoms with Crippen LogP contribution in [-0.4, -0.2) is 16.1 Å². The van der Waals surface area contributed by atoms with Crippen molar-refractivity contribution in [1.82, 2.24) is 4.98 Å². The largest absolute Gasteiger partial charge is 0.481 e. The van der Waals surface area contributed by atoms with Crippen molar-refractivity contribution in [1.29, 1.82) is 0 Å². The molecular formula is C18H16BrNO2S. The minimum Gasteiger partial charge on any atom is -0.481 e. The number of fused-ring (bicyclic) bond motifs is 1. The fourth-order valence-corrected chi connectivity index (χ4v) is 4.31. The van der Waals surface area contributed by atoms with Crippen LogP contribution in [0.1, 0.15) is 29.0 Å². The Hall–Kier alpha value is -1.72. The van der Waals surface area contributed by atoms with E-state index in [0.717, 1.165) is 30.8 Å². The number of nitrogens with zero attached hydrogens (tertiary/aromatic N) is 1. The summed E-state index contributed by atoms with van der Waals surface area (Å²) in [5.74, 6) is -1.26. The molecule has 1 N–H and O–H groups in total. The van der Waals surface area contributed by atoms with E-state index in [1.54, 1.807) is 11.3 Å². The molecule has 0 spiro atoms. The van der Waals surface area contributed by atoms with Crippen LogP contribution in [0.15, 0.2) is 46.4 Å². The number of benzene rings is 2. The Balaban J connectivity index is 1.87. The molecule has 0 radical (unpaired) electrons. The van der Waals surface area contributed by atoms with Crippen LogP contribution in [-0.2, 0) is 11.2 Å². The Labute approximate surface area is 147 Å². The molecule has 1 aromatic heterocycles. The molecule has 3 aromatic rings. The molecule has 0 fully saturated rings. The standard InChI is InChI=1S/C18H16BrNO2S/c1-11-5-2-3-7-13(11)14(17(21)22)10-9-12-6-4-8-15-16(12)20-18(19)23-15/h2-8,14H,9-10H2,1H3,(H,21,22)/t14-/m1/s1. The number of carboxylic acids is 1. The minimum atomic E-state index is -0.772. The van der Waals surface area contributed by atoms with Gasteiger partial charge in [-0.1, -0.05) is 36.4 Å². The molecule has 0 unspecified atom stereocenters. The van der Waals surface area contributed by atoms with Gasteiger partial charge < -0.3 is 5.11 Å². The third-order valence-corrected chi connectivity index (χ3v) is 5.51. The second-order valence-electron chi connectivity index (χ2n) is 5.52. The monoisotopic (exact) mass is 389 g/mol. The van der Waals surface area contributed by atoms with Crippen LogP contribution in [0.2, 0.25) is 0 Å². The highest BCUT2D eigenvalue weighted by Crippen LogP contribution is 2.31. The van der Waals surface area contributed by atoms with E-state index in [-0.39, 0.29) is 0 Å². The number of carbonyl (C=O) groups is 1. The van der Waals surface area contributed by atoms with Crippen molar-refractivity contribution in [2.24, 2.45) is 0 Å². The minimum absolute atomic E-state index is 0.492. The first-order valence-electron chi connectivity index (χ1n) is 7.38. The topological polar surface area (TPSA) is 50.2 Å². The summed E-state index contributed by atoms with van der Waals surface area (Å²) < 4.78 is 1.98. The fourth-order valence-electron chi connectivity index (χ4n) is 2.87. The summed E-state index contributed by atoms with van der Waals surface area (Å²) >= 11 is 5.02. The molecule has 3 rings (SSSR count). The van der Waals surface area contributed by atoms with Crippen molar-refractivity contribution in [3.63, 3.8) is 0 Å². The van der Waals surface area contributed by atoms with Crippen LogP contribution in [0.4, 0.5) is 0 Å². The molecule has 1 atom stereocenters. The number of aliphatic carboxylic acids is 1. The molecular weight excluding hydrogens is 374 g/mol. The lowest BCUT2D eigenvalue weighted by atomic mass is 9.89. The highest BCUT2D eigenvalue weighted by Gasteiger charge is 2.21. The van der Waals surface area contributed by atoms with Crippen LogP contribution < -0.4 is 0 Å². The molecule has 3 nitrogen and oxygen atoms in total. The second kappa shape index (κ2) is 6.81. The molecule has 0 aliphatic heterocycles. The lowest BCUT2D eigenvalue weighted by Gasteiger charge is -2.15. The average molecular weight is 390 g/mol. The normalized spacial score (nSPS) is 12.4. The average Bonchev–Trinajstić information content (AvgIpc) is 2.90. The van der Waals surface area contributed by atoms with E-state index in [1.165, 1.54) is 0 Å². The molecule has 0 saturated heterocycles. The van der Waals surface area contributed by atoms with E-state index in [9.17, 15) is 9.90 Å². The highest BCUT2D eigenvalue weighted by molar-refractivity contribution is 9.11. The Morgan fingerprint density at radius 2 is 2.04 bits per heavy atom. The number of aryl methyl sites for hydroxylation is 2. The van der Waals surface area contributed by atoms with Crippen molar-refractivity contribution < 1.29 is 9.90 Å². The maximum absolute atomic E-state index is 11.7. The number of thiazole rings is 1. The van der Waals surface area contributed by atoms with Crippen LogP contribution in [0.3, 0.4) is 0 Å². The third-order valence-electron chi connectivity index (χ3n) is 4.04. The van der Waals surface area contributed by atoms with E-state index in [1.807, 2.05) is 49.4 Å². The predicted molar refractivity (Wildman–Crippen MR) is 97.2 cm³/mol. The predicted octanol–water partition coefficient (Wildman–Crippen LogP) is 5.17. The Bertz CT molecular complexity index is 859. The summed E-state index contributed by atoms with van der Waals surface area (Å²) in [6.07, 6.45) is 1.26. The van der Waals surface area contributed by atoms with Gasteiger partial charge in [-0.15, -0.1) is 11.3 Å². The van der Waals surface area contributed by atoms with Crippen LogP contribution in [0.5, 0.6) is 0 Å². The zero-order valence-corrected chi connectivity index (χ0v) is 15.0. The highest BCUT2D eigenvalue weighted by atomic mass is 79.9. The first-order valence-corrected chi connectivity index (χ1v) is 8.99. The molecule has 23 heavy (non-hydrogen) atoms. The summed E-state index contributed by atoms with van der Waals surface area (Å²) in [7, 11) is 0. The molecule has 0 amide bonds. The fraction of sp³-hybridized carbons (Fsp3) is 0.222. The van der Waals surface area contributed by atoms with Gasteiger partial charge in [-0.3, -0.25) is 4.79 Å². The van der Waals surface area contributed by atoms with Crippen LogP contribution >= 0.6 is 27.3 Å². The van der Waals surface area contributed by atoms with Gasteiger partial charge in [-0.2, -0.15) is 0 Å². The van der Waals surface area contributed by atoms with Gasteiger partial charge in [-0.25, -0.2) is 4.98 Å². The van der Waals surface area contributed by atoms with Gasteiger partial charge in [0.15, 0.2) is 3.92 Å². The Morgan fingerprint density at radius 3 is 2.78 bits per heavy atom. The molecule has 1 heterocycles. The summed E-state index contributed by atoms with van der Waals surface area (Å²) in [5, 5.41) is 9.63. The Morgan fingerprint density at radius 1 is 1.26 bits per heavy atom. The van der Waals surface area contributed by atoms with E-state index < -0.39 is 11.9 Å². The number of rotatable bonds is 5. The van der Waals surface area contributed by atoms with Crippen molar-refractivity contribution >= 4 is 43.5 Å². The van der Waals surface area contributed by atoms with Gasteiger partial charge in [0.1, 0.15) is 0 Å². The summed E-state index contributed by atoms with van der Waals surface area (Å²) in [6.45, 7) is 1.96. The van der Waals surface area contributed by atoms with E-state index in [0.29, 0.717) is 12.8 Å². The van der Waals surface area contributed by atoms with Gasteiger partial charge in [0.05, 0.1) is 16.1 Å². The Kier molecular flexibility index (Phi) is 4.78. The molecule has 2 aromatic carbocycles. The molecule has 0 aliphatic carbocycles. The number of hydrogen-bond acceptors (Lipinski definition) is 3. The molecule has 0 saturated carbocycles. The summed E-state index contributed by atoms with van der Waals surface area (Å²) in [6, 6.07) is 13.8. The van der Waals surface area contributed by atoms with Crippen LogP contribution in [0, 0.1) is 6.92 Å². The van der Waals surface area contributed by atoms with Gasteiger partial charge in [0, 0.05) is 0 Å². The first kappa shape index (κ1) is 16.1. The third kappa shape index (κ3) is 3.46. The van der Waals surface area contributed by atoms with Crippen molar-refractivity contribution in [3.8, 4) is 0 Å². The molecule has 0 aliphatic rings. The quantitative estimate of drug-likeness (QED) is 0.654. The maximum atomic E-state index is 11.7. The number of carboxylic acid groups (broad SMARTS) is 1. The van der Waals surface area contributed by atoms with Gasteiger partial charge in [0.25, 0.3) is 0 Å². The summed E-state index contributed by atoms with van der Waals surface area (Å²) in [4.78, 5) is 16.2. The van der Waals surface area contributed by atoms with E-state index in [4.69, 9.17) is 0 Å². The maximum Gasteiger partial charge on any atom is 0.310 e. The van der Waals surface area contributed by atoms with E-state index >= 15 is 0 Å². The first-order chi connectivity index (χ1) is 11.1. The van der Waals surface area contributed by atoms with Crippen molar-refractivity contribution in [3.05, 3.63) is 63.1 Å². The van der Waals surface area contributed by atoms with Gasteiger partial charge in [0.2, 0.25) is 0 Å². The van der Waals surface area contributed by atoms with Crippen molar-refractivity contribution in [2.45, 2.75) is 25.7 Å². The number of halogens is 1. The molecule has 118 valence electrons. The van der Waals surface area contributed by atoms with Crippen LogP contribution in [0.25, 0.3) is 10.2 Å². The smallest absolute Gasteiger partial charge is 0.310 e. The van der Waals surface area contributed by atoms with Gasteiger partial charge >= 0.3 is 5.97 Å². The van der Waals surface area contributed by atoms with E-state index in [2.05, 4.69) is 20.9 Å². The zero-order chi connectivity index (χ0) is 16.4. The van der Waals surface area contributed by atoms with Crippen molar-refractivity contribution in [2.75, 3.05) is 0 Å². The SMILES string of the molecule is Cc1ccccc1[C@@H](CCc1cccc2sc(Br)nc12)C(=O)O. The number of para-hydroxylation sites is 1. The number of hydrogen-bond donors (Lipinski definition) is 1. The number of aromatic nitrogens is 1. The van der Waals surface area contributed by atoms with Gasteiger partial charge in [-0.05, 0) is 58.5 Å². The molecule has 5 heteroatoms. The second-order valence-corrected chi connectivity index (χ2v) is 7.82. The zero-order valence-electron chi connectivity index (χ0n) is 12.6.